The van der Waals surface area contributed by atoms with Crippen molar-refractivity contribution in [3.63, 3.8) is 0 Å². The van der Waals surface area contributed by atoms with Crippen LogP contribution in [0.1, 0.15) is 73.1 Å². The highest BCUT2D eigenvalue weighted by molar-refractivity contribution is 4.90. The lowest BCUT2D eigenvalue weighted by Crippen LogP contribution is -2.48. The van der Waals surface area contributed by atoms with Crippen LogP contribution in [0.4, 0.5) is 0 Å². The first kappa shape index (κ1) is 19.0. The lowest BCUT2D eigenvalue weighted by atomic mass is 9.69. The van der Waals surface area contributed by atoms with Crippen molar-refractivity contribution in [2.75, 3.05) is 26.7 Å². The minimum Gasteiger partial charge on any atom is -0.316 e. The van der Waals surface area contributed by atoms with Gasteiger partial charge in [-0.15, -0.1) is 0 Å². The Labute approximate surface area is 134 Å². The van der Waals surface area contributed by atoms with Crippen LogP contribution >= 0.6 is 0 Å². The van der Waals surface area contributed by atoms with Crippen LogP contribution in [0.15, 0.2) is 0 Å². The Bertz CT molecular complexity index is 273. The molecule has 0 radical (unpaired) electrons. The predicted molar refractivity (Wildman–Crippen MR) is 94.8 cm³/mol. The van der Waals surface area contributed by atoms with Crippen LogP contribution in [0, 0.1) is 17.3 Å². The summed E-state index contributed by atoms with van der Waals surface area (Å²) in [6.45, 7) is 15.4. The number of hydrogen-bond acceptors (Lipinski definition) is 2. The van der Waals surface area contributed by atoms with E-state index in [2.05, 4.69) is 51.9 Å². The van der Waals surface area contributed by atoms with E-state index in [-0.39, 0.29) is 0 Å². The van der Waals surface area contributed by atoms with Gasteiger partial charge in [-0.2, -0.15) is 0 Å². The van der Waals surface area contributed by atoms with E-state index >= 15 is 0 Å². The molecule has 0 aliphatic heterocycles. The Balaban J connectivity index is 2.67. The molecule has 2 unspecified atom stereocenters. The Kier molecular flexibility index (Phi) is 8.26. The van der Waals surface area contributed by atoms with Crippen LogP contribution in [0.5, 0.6) is 0 Å². The Morgan fingerprint density at radius 1 is 1.24 bits per heavy atom. The van der Waals surface area contributed by atoms with Crippen molar-refractivity contribution in [3.05, 3.63) is 0 Å². The van der Waals surface area contributed by atoms with Gasteiger partial charge in [0, 0.05) is 19.1 Å². The van der Waals surface area contributed by atoms with Crippen molar-refractivity contribution in [2.45, 2.75) is 79.2 Å². The lowest BCUT2D eigenvalue weighted by Gasteiger charge is -2.44. The number of nitrogens with one attached hydrogen (secondary N) is 1. The molecule has 1 aliphatic rings. The van der Waals surface area contributed by atoms with E-state index in [9.17, 15) is 0 Å². The minimum atomic E-state index is 0.504. The molecule has 2 heteroatoms. The zero-order valence-electron chi connectivity index (χ0n) is 15.5. The normalized spacial score (nSPS) is 27.0. The molecule has 1 N–H and O–H groups in total. The molecule has 0 bridgehead atoms. The van der Waals surface area contributed by atoms with Crippen molar-refractivity contribution < 1.29 is 0 Å². The molecule has 0 spiro atoms. The van der Waals surface area contributed by atoms with E-state index in [1.54, 1.807) is 0 Å². The molecule has 2 atom stereocenters. The van der Waals surface area contributed by atoms with E-state index in [0.717, 1.165) is 24.4 Å². The summed E-state index contributed by atoms with van der Waals surface area (Å²) in [5.41, 5.74) is 0.504. The molecule has 0 aromatic heterocycles. The highest BCUT2D eigenvalue weighted by atomic mass is 15.1. The van der Waals surface area contributed by atoms with E-state index in [1.807, 2.05) is 0 Å². The summed E-state index contributed by atoms with van der Waals surface area (Å²) in [6, 6.07) is 0.754. The van der Waals surface area contributed by atoms with Gasteiger partial charge in [-0.1, -0.05) is 47.5 Å². The molecule has 1 fully saturated rings. The SMILES string of the molecule is CCC(CC)N(C)CC1(CNCC(C)C)CCCC(C)C1. The number of rotatable bonds is 9. The molecule has 0 heterocycles. The highest BCUT2D eigenvalue weighted by Gasteiger charge is 2.36. The molecule has 1 saturated carbocycles. The van der Waals surface area contributed by atoms with E-state index in [0.29, 0.717) is 5.41 Å². The Hall–Kier alpha value is -0.0800. The summed E-state index contributed by atoms with van der Waals surface area (Å²) in [6.07, 6.45) is 8.22. The molecule has 0 amide bonds. The fourth-order valence-corrected chi connectivity index (χ4v) is 4.33. The summed E-state index contributed by atoms with van der Waals surface area (Å²) in [5, 5.41) is 3.77. The minimum absolute atomic E-state index is 0.504. The zero-order valence-corrected chi connectivity index (χ0v) is 15.5. The maximum absolute atomic E-state index is 3.77. The average Bonchev–Trinajstić information content (AvgIpc) is 2.39. The molecule has 0 aromatic rings. The molecular formula is C19H40N2. The van der Waals surface area contributed by atoms with Crippen molar-refractivity contribution in [1.82, 2.24) is 10.2 Å². The van der Waals surface area contributed by atoms with Crippen molar-refractivity contribution in [2.24, 2.45) is 17.3 Å². The summed E-state index contributed by atoms with van der Waals surface area (Å²) < 4.78 is 0. The zero-order chi connectivity index (χ0) is 15.9. The third kappa shape index (κ3) is 6.28. The van der Waals surface area contributed by atoms with Crippen LogP contribution in [0.3, 0.4) is 0 Å². The van der Waals surface area contributed by atoms with Crippen molar-refractivity contribution in [3.8, 4) is 0 Å². The van der Waals surface area contributed by atoms with Crippen LogP contribution < -0.4 is 5.32 Å². The molecular weight excluding hydrogens is 256 g/mol. The van der Waals surface area contributed by atoms with Gasteiger partial charge in [-0.25, -0.2) is 0 Å². The van der Waals surface area contributed by atoms with Crippen LogP contribution in [-0.2, 0) is 0 Å². The monoisotopic (exact) mass is 296 g/mol. The van der Waals surface area contributed by atoms with Crippen molar-refractivity contribution in [1.29, 1.82) is 0 Å². The average molecular weight is 297 g/mol. The summed E-state index contributed by atoms with van der Waals surface area (Å²) in [5.74, 6) is 1.65. The summed E-state index contributed by atoms with van der Waals surface area (Å²) in [7, 11) is 2.35. The molecule has 21 heavy (non-hydrogen) atoms. The van der Waals surface area contributed by atoms with E-state index < -0.39 is 0 Å². The van der Waals surface area contributed by atoms with Crippen molar-refractivity contribution >= 4 is 0 Å². The van der Waals surface area contributed by atoms with Crippen LogP contribution in [0.25, 0.3) is 0 Å². The second-order valence-electron chi connectivity index (χ2n) is 8.11. The lowest BCUT2D eigenvalue weighted by molar-refractivity contribution is 0.0697. The van der Waals surface area contributed by atoms with Gasteiger partial charge in [0.2, 0.25) is 0 Å². The van der Waals surface area contributed by atoms with Crippen LogP contribution in [-0.4, -0.2) is 37.6 Å². The van der Waals surface area contributed by atoms with Crippen LogP contribution in [0.2, 0.25) is 0 Å². The topological polar surface area (TPSA) is 15.3 Å². The molecule has 1 aliphatic carbocycles. The van der Waals surface area contributed by atoms with Gasteiger partial charge in [0.05, 0.1) is 0 Å². The second kappa shape index (κ2) is 9.15. The smallest absolute Gasteiger partial charge is 0.00872 e. The first-order valence-electron chi connectivity index (χ1n) is 9.33. The fraction of sp³-hybridized carbons (Fsp3) is 1.00. The summed E-state index contributed by atoms with van der Waals surface area (Å²) >= 11 is 0. The third-order valence-corrected chi connectivity index (χ3v) is 5.39. The first-order chi connectivity index (χ1) is 9.92. The maximum atomic E-state index is 3.77. The van der Waals surface area contributed by atoms with Gasteiger partial charge in [-0.3, -0.25) is 0 Å². The molecule has 1 rings (SSSR count). The first-order valence-corrected chi connectivity index (χ1v) is 9.33. The quantitative estimate of drug-likeness (QED) is 0.671. The predicted octanol–water partition coefficient (Wildman–Crippen LogP) is 4.55. The van der Waals surface area contributed by atoms with E-state index in [1.165, 1.54) is 51.6 Å². The van der Waals surface area contributed by atoms with Gasteiger partial charge in [0.15, 0.2) is 0 Å². The molecule has 0 saturated heterocycles. The third-order valence-electron chi connectivity index (χ3n) is 5.39. The van der Waals surface area contributed by atoms with E-state index in [4.69, 9.17) is 0 Å². The van der Waals surface area contributed by atoms with Gasteiger partial charge >= 0.3 is 0 Å². The van der Waals surface area contributed by atoms with Gasteiger partial charge in [0.1, 0.15) is 0 Å². The van der Waals surface area contributed by atoms with Gasteiger partial charge < -0.3 is 10.2 Å². The largest absolute Gasteiger partial charge is 0.316 e. The van der Waals surface area contributed by atoms with Gasteiger partial charge in [0.25, 0.3) is 0 Å². The summed E-state index contributed by atoms with van der Waals surface area (Å²) in [4.78, 5) is 2.65. The fourth-order valence-electron chi connectivity index (χ4n) is 4.33. The highest BCUT2D eigenvalue weighted by Crippen LogP contribution is 2.40. The number of hydrogen-bond donors (Lipinski definition) is 1. The molecule has 0 aromatic carbocycles. The Morgan fingerprint density at radius 3 is 2.43 bits per heavy atom. The Morgan fingerprint density at radius 2 is 1.90 bits per heavy atom. The molecule has 126 valence electrons. The maximum Gasteiger partial charge on any atom is 0.00872 e. The standard InChI is InChI=1S/C19H40N2/c1-7-18(8-2)21(6)15-19(14-20-13-16(3)4)11-9-10-17(5)12-19/h16-18,20H,7-15H2,1-6H3. The molecule has 2 nitrogen and oxygen atoms in total. The second-order valence-corrected chi connectivity index (χ2v) is 8.11. The van der Waals surface area contributed by atoms with Gasteiger partial charge in [-0.05, 0) is 56.5 Å². The number of nitrogens with zero attached hydrogens (tertiary/aromatic N) is 1.